The second-order valence-electron chi connectivity index (χ2n) is 5.07. The topological polar surface area (TPSA) is 89.4 Å². The smallest absolute Gasteiger partial charge is 0.267 e. The number of nitrogens with one attached hydrogen (secondary N) is 1. The summed E-state index contributed by atoms with van der Waals surface area (Å²) in [5.74, 6) is 0.356. The Morgan fingerprint density at radius 2 is 1.91 bits per heavy atom. The molecule has 0 saturated carbocycles. The Labute approximate surface area is 132 Å². The van der Waals surface area contributed by atoms with Crippen LogP contribution in [-0.2, 0) is 16.1 Å². The molecule has 8 nitrogen and oxygen atoms in total. The van der Waals surface area contributed by atoms with E-state index in [2.05, 4.69) is 15.4 Å². The van der Waals surface area contributed by atoms with Gasteiger partial charge in [-0.15, -0.1) is 0 Å². The van der Waals surface area contributed by atoms with E-state index in [1.165, 1.54) is 10.7 Å². The van der Waals surface area contributed by atoms with Crippen LogP contribution in [0.3, 0.4) is 0 Å². The molecule has 0 spiro atoms. The maximum Gasteiger partial charge on any atom is 0.267 e. The Morgan fingerprint density at radius 1 is 1.17 bits per heavy atom. The van der Waals surface area contributed by atoms with E-state index in [1.54, 1.807) is 30.6 Å². The Balaban J connectivity index is 1.71. The number of morpholine rings is 1. The van der Waals surface area contributed by atoms with Gasteiger partial charge in [0.1, 0.15) is 12.4 Å². The molecular formula is C15H17N5O3. The highest BCUT2D eigenvalue weighted by molar-refractivity contribution is 5.90. The first-order valence-corrected chi connectivity index (χ1v) is 7.33. The summed E-state index contributed by atoms with van der Waals surface area (Å²) >= 11 is 0. The highest BCUT2D eigenvalue weighted by Crippen LogP contribution is 2.10. The van der Waals surface area contributed by atoms with E-state index in [4.69, 9.17) is 4.74 Å². The van der Waals surface area contributed by atoms with Crippen LogP contribution in [0.15, 0.2) is 41.5 Å². The van der Waals surface area contributed by atoms with Crippen LogP contribution in [0.2, 0.25) is 0 Å². The minimum absolute atomic E-state index is 0.140. The van der Waals surface area contributed by atoms with Gasteiger partial charge in [0.15, 0.2) is 0 Å². The van der Waals surface area contributed by atoms with Gasteiger partial charge in [-0.2, -0.15) is 5.10 Å². The van der Waals surface area contributed by atoms with Crippen LogP contribution in [0.1, 0.15) is 0 Å². The van der Waals surface area contributed by atoms with Crippen molar-refractivity contribution in [1.29, 1.82) is 0 Å². The molecular weight excluding hydrogens is 298 g/mol. The zero-order chi connectivity index (χ0) is 16.1. The molecule has 8 heteroatoms. The lowest BCUT2D eigenvalue weighted by Crippen LogP contribution is -2.38. The fourth-order valence-electron chi connectivity index (χ4n) is 2.28. The molecule has 23 heavy (non-hydrogen) atoms. The predicted molar refractivity (Wildman–Crippen MR) is 84.4 cm³/mol. The third-order valence-corrected chi connectivity index (χ3v) is 3.45. The summed E-state index contributed by atoms with van der Waals surface area (Å²) in [5, 5.41) is 6.98. The average Bonchev–Trinajstić information content (AvgIpc) is 2.58. The van der Waals surface area contributed by atoms with Gasteiger partial charge in [0.25, 0.3) is 5.56 Å². The zero-order valence-electron chi connectivity index (χ0n) is 12.5. The van der Waals surface area contributed by atoms with Crippen LogP contribution in [0, 0.1) is 0 Å². The number of nitrogens with zero attached hydrogens (tertiary/aromatic N) is 4. The minimum Gasteiger partial charge on any atom is -0.378 e. The van der Waals surface area contributed by atoms with Gasteiger partial charge in [0.2, 0.25) is 5.91 Å². The van der Waals surface area contributed by atoms with Crippen molar-refractivity contribution in [3.05, 3.63) is 47.0 Å². The van der Waals surface area contributed by atoms with E-state index < -0.39 is 0 Å². The maximum absolute atomic E-state index is 12.1. The lowest BCUT2D eigenvalue weighted by Gasteiger charge is -2.27. The predicted octanol–water partition coefficient (Wildman–Crippen LogP) is 0.114. The molecule has 0 aliphatic carbocycles. The summed E-state index contributed by atoms with van der Waals surface area (Å²) in [6.07, 6.45) is 3.16. The molecule has 3 rings (SSSR count). The summed E-state index contributed by atoms with van der Waals surface area (Å²) < 4.78 is 6.47. The molecule has 1 saturated heterocycles. The number of pyridine rings is 1. The molecule has 3 heterocycles. The van der Waals surface area contributed by atoms with Gasteiger partial charge < -0.3 is 15.0 Å². The van der Waals surface area contributed by atoms with Crippen molar-refractivity contribution in [1.82, 2.24) is 14.8 Å². The van der Waals surface area contributed by atoms with Crippen molar-refractivity contribution in [3.8, 4) is 0 Å². The van der Waals surface area contributed by atoms with Crippen LogP contribution in [-0.4, -0.2) is 47.0 Å². The van der Waals surface area contributed by atoms with Crippen LogP contribution in [0.25, 0.3) is 0 Å². The second-order valence-corrected chi connectivity index (χ2v) is 5.07. The SMILES string of the molecule is O=C(Cn1nc(N2CCOCC2)ccc1=O)Nc1ccncc1. The van der Waals surface area contributed by atoms with E-state index in [0.717, 1.165) is 0 Å². The number of hydrogen-bond acceptors (Lipinski definition) is 6. The van der Waals surface area contributed by atoms with E-state index in [-0.39, 0.29) is 18.0 Å². The van der Waals surface area contributed by atoms with Gasteiger partial charge in [-0.1, -0.05) is 0 Å². The van der Waals surface area contributed by atoms with Gasteiger partial charge in [-0.3, -0.25) is 14.6 Å². The highest BCUT2D eigenvalue weighted by Gasteiger charge is 2.14. The van der Waals surface area contributed by atoms with Crippen molar-refractivity contribution in [2.45, 2.75) is 6.54 Å². The number of rotatable bonds is 4. The van der Waals surface area contributed by atoms with Gasteiger partial charge in [-0.25, -0.2) is 4.68 Å². The number of aromatic nitrogens is 3. The first-order valence-electron chi connectivity index (χ1n) is 7.33. The van der Waals surface area contributed by atoms with Gasteiger partial charge in [0, 0.05) is 37.2 Å². The van der Waals surface area contributed by atoms with Crippen molar-refractivity contribution in [2.24, 2.45) is 0 Å². The van der Waals surface area contributed by atoms with Gasteiger partial charge in [0.05, 0.1) is 13.2 Å². The summed E-state index contributed by atoms with van der Waals surface area (Å²) in [5.41, 5.74) is 0.314. The Kier molecular flexibility index (Phi) is 4.62. The summed E-state index contributed by atoms with van der Waals surface area (Å²) in [6.45, 7) is 2.55. The number of anilines is 2. The molecule has 1 fully saturated rings. The molecule has 1 aliphatic rings. The third kappa shape index (κ3) is 3.92. The van der Waals surface area contributed by atoms with Crippen LogP contribution < -0.4 is 15.8 Å². The lowest BCUT2D eigenvalue weighted by molar-refractivity contribution is -0.117. The fraction of sp³-hybridized carbons (Fsp3) is 0.333. The van der Waals surface area contributed by atoms with E-state index in [9.17, 15) is 9.59 Å². The molecule has 120 valence electrons. The fourth-order valence-corrected chi connectivity index (χ4v) is 2.28. The number of ether oxygens (including phenoxy) is 1. The molecule has 0 atom stereocenters. The number of amides is 1. The molecule has 2 aromatic heterocycles. The standard InChI is InChI=1S/C15H17N5O3/c21-14(17-12-3-5-16-6-4-12)11-20-15(22)2-1-13(18-20)19-7-9-23-10-8-19/h1-6H,7-11H2,(H,16,17,21). The molecule has 0 unspecified atom stereocenters. The lowest BCUT2D eigenvalue weighted by atomic mass is 10.4. The Hall–Kier alpha value is -2.74. The zero-order valence-corrected chi connectivity index (χ0v) is 12.5. The molecule has 2 aromatic rings. The Bertz CT molecular complexity index is 725. The molecule has 0 aromatic carbocycles. The van der Waals surface area contributed by atoms with Crippen molar-refractivity contribution in [3.63, 3.8) is 0 Å². The molecule has 0 bridgehead atoms. The summed E-state index contributed by atoms with van der Waals surface area (Å²) in [7, 11) is 0. The van der Waals surface area contributed by atoms with Crippen molar-refractivity contribution >= 4 is 17.4 Å². The van der Waals surface area contributed by atoms with Crippen LogP contribution >= 0.6 is 0 Å². The van der Waals surface area contributed by atoms with E-state index in [0.29, 0.717) is 37.8 Å². The summed E-state index contributed by atoms with van der Waals surface area (Å²) in [6, 6.07) is 6.46. The first kappa shape index (κ1) is 15.2. The number of hydrogen-bond donors (Lipinski definition) is 1. The average molecular weight is 315 g/mol. The Morgan fingerprint density at radius 3 is 2.65 bits per heavy atom. The molecule has 1 N–H and O–H groups in total. The second kappa shape index (κ2) is 7.01. The van der Waals surface area contributed by atoms with Crippen molar-refractivity contribution in [2.75, 3.05) is 36.5 Å². The van der Waals surface area contributed by atoms with Crippen LogP contribution in [0.4, 0.5) is 11.5 Å². The normalized spacial score (nSPS) is 14.5. The monoisotopic (exact) mass is 315 g/mol. The van der Waals surface area contributed by atoms with Crippen molar-refractivity contribution < 1.29 is 9.53 Å². The number of carbonyl (C=O) groups excluding carboxylic acids is 1. The molecule has 0 radical (unpaired) electrons. The highest BCUT2D eigenvalue weighted by atomic mass is 16.5. The van der Waals surface area contributed by atoms with E-state index in [1.807, 2.05) is 4.90 Å². The quantitative estimate of drug-likeness (QED) is 0.861. The third-order valence-electron chi connectivity index (χ3n) is 3.45. The minimum atomic E-state index is -0.315. The van der Waals surface area contributed by atoms with Gasteiger partial charge >= 0.3 is 0 Å². The molecule has 1 amide bonds. The maximum atomic E-state index is 12.1. The van der Waals surface area contributed by atoms with E-state index >= 15 is 0 Å². The summed E-state index contributed by atoms with van der Waals surface area (Å²) in [4.78, 5) is 29.9. The van der Waals surface area contributed by atoms with Gasteiger partial charge in [-0.05, 0) is 18.2 Å². The largest absolute Gasteiger partial charge is 0.378 e. The number of carbonyl (C=O) groups is 1. The first-order chi connectivity index (χ1) is 11.2. The molecule has 1 aliphatic heterocycles. The van der Waals surface area contributed by atoms with Crippen LogP contribution in [0.5, 0.6) is 0 Å².